The van der Waals surface area contributed by atoms with Gasteiger partial charge < -0.3 is 14.2 Å². The molecule has 0 fully saturated rings. The first-order valence-electron chi connectivity index (χ1n) is 25.6. The molecule has 354 valence electrons. The highest BCUT2D eigenvalue weighted by atomic mass is 16.6. The molecular formula is C56H94O6. The van der Waals surface area contributed by atoms with Gasteiger partial charge in [-0.15, -0.1) is 0 Å². The molecule has 0 aliphatic heterocycles. The SMILES string of the molecule is CC/C=C\C/C=C\C/C=C\C/C=C\C/C=C\CCCC(=O)OCC(COC(=O)CCCCCCC/C=C\CCC)OC(=O)CCCCCCCCC/C=C\CCCCCCCC. The fourth-order valence-corrected chi connectivity index (χ4v) is 6.77. The van der Waals surface area contributed by atoms with Crippen molar-refractivity contribution in [3.63, 3.8) is 0 Å². The van der Waals surface area contributed by atoms with E-state index < -0.39 is 6.10 Å². The van der Waals surface area contributed by atoms with Crippen molar-refractivity contribution < 1.29 is 28.6 Å². The number of carbonyl (C=O) groups excluding carboxylic acids is 3. The Morgan fingerprint density at radius 2 is 0.677 bits per heavy atom. The van der Waals surface area contributed by atoms with Crippen molar-refractivity contribution in [3.8, 4) is 0 Å². The molecule has 0 amide bonds. The van der Waals surface area contributed by atoms with Gasteiger partial charge in [0.15, 0.2) is 6.10 Å². The van der Waals surface area contributed by atoms with Gasteiger partial charge >= 0.3 is 17.9 Å². The highest BCUT2D eigenvalue weighted by Crippen LogP contribution is 2.14. The molecule has 0 radical (unpaired) electrons. The molecule has 0 rings (SSSR count). The lowest BCUT2D eigenvalue weighted by atomic mass is 10.1. The van der Waals surface area contributed by atoms with E-state index >= 15 is 0 Å². The van der Waals surface area contributed by atoms with Crippen LogP contribution in [0.5, 0.6) is 0 Å². The fraction of sp³-hybridized carbons (Fsp3) is 0.696. The molecule has 6 heteroatoms. The van der Waals surface area contributed by atoms with Crippen LogP contribution in [-0.4, -0.2) is 37.2 Å². The molecule has 62 heavy (non-hydrogen) atoms. The minimum Gasteiger partial charge on any atom is -0.462 e. The van der Waals surface area contributed by atoms with Crippen LogP contribution in [0.15, 0.2) is 85.1 Å². The summed E-state index contributed by atoms with van der Waals surface area (Å²) in [4.78, 5) is 37.9. The van der Waals surface area contributed by atoms with Crippen molar-refractivity contribution in [2.24, 2.45) is 0 Å². The Balaban J connectivity index is 4.45. The van der Waals surface area contributed by atoms with E-state index in [9.17, 15) is 14.4 Å². The number of unbranched alkanes of at least 4 members (excludes halogenated alkanes) is 20. The van der Waals surface area contributed by atoms with Crippen molar-refractivity contribution in [1.29, 1.82) is 0 Å². The summed E-state index contributed by atoms with van der Waals surface area (Å²) in [5, 5.41) is 0. The second-order valence-electron chi connectivity index (χ2n) is 16.7. The van der Waals surface area contributed by atoms with Gasteiger partial charge in [0.1, 0.15) is 13.2 Å². The number of hydrogen-bond acceptors (Lipinski definition) is 6. The minimum absolute atomic E-state index is 0.101. The molecule has 0 N–H and O–H groups in total. The van der Waals surface area contributed by atoms with Gasteiger partial charge in [0.05, 0.1) is 0 Å². The minimum atomic E-state index is -0.804. The molecule has 6 nitrogen and oxygen atoms in total. The van der Waals surface area contributed by atoms with E-state index in [0.29, 0.717) is 19.3 Å². The Bertz CT molecular complexity index is 1220. The van der Waals surface area contributed by atoms with Crippen molar-refractivity contribution in [3.05, 3.63) is 85.1 Å². The summed E-state index contributed by atoms with van der Waals surface area (Å²) in [7, 11) is 0. The highest BCUT2D eigenvalue weighted by molar-refractivity contribution is 5.71. The van der Waals surface area contributed by atoms with E-state index in [2.05, 4.69) is 106 Å². The van der Waals surface area contributed by atoms with Gasteiger partial charge in [-0.2, -0.15) is 0 Å². The second-order valence-corrected chi connectivity index (χ2v) is 16.7. The number of carbonyl (C=O) groups is 3. The summed E-state index contributed by atoms with van der Waals surface area (Å²) < 4.78 is 16.7. The first-order valence-corrected chi connectivity index (χ1v) is 25.6. The van der Waals surface area contributed by atoms with Crippen LogP contribution in [0, 0.1) is 0 Å². The predicted molar refractivity (Wildman–Crippen MR) is 265 cm³/mol. The Kier molecular flexibility index (Phi) is 47.5. The lowest BCUT2D eigenvalue weighted by Gasteiger charge is -2.18. The average Bonchev–Trinajstić information content (AvgIpc) is 3.27. The quantitative estimate of drug-likeness (QED) is 0.0263. The first kappa shape index (κ1) is 58.6. The van der Waals surface area contributed by atoms with Crippen LogP contribution in [-0.2, 0) is 28.6 Å². The maximum absolute atomic E-state index is 12.8. The van der Waals surface area contributed by atoms with Crippen LogP contribution in [0.1, 0.15) is 233 Å². The molecular weight excluding hydrogens is 769 g/mol. The largest absolute Gasteiger partial charge is 0.462 e. The van der Waals surface area contributed by atoms with E-state index in [1.807, 2.05) is 0 Å². The maximum atomic E-state index is 12.8. The van der Waals surface area contributed by atoms with E-state index in [4.69, 9.17) is 14.2 Å². The molecule has 0 saturated carbocycles. The Hall–Kier alpha value is -3.41. The summed E-state index contributed by atoms with van der Waals surface area (Å²) in [6.07, 6.45) is 64.3. The molecule has 0 aliphatic rings. The molecule has 0 aliphatic carbocycles. The summed E-state index contributed by atoms with van der Waals surface area (Å²) >= 11 is 0. The lowest BCUT2D eigenvalue weighted by Crippen LogP contribution is -2.30. The number of esters is 3. The van der Waals surface area contributed by atoms with Crippen LogP contribution in [0.25, 0.3) is 0 Å². The third-order valence-electron chi connectivity index (χ3n) is 10.6. The van der Waals surface area contributed by atoms with Crippen molar-refractivity contribution in [1.82, 2.24) is 0 Å². The van der Waals surface area contributed by atoms with E-state index in [0.717, 1.165) is 96.3 Å². The Morgan fingerprint density at radius 1 is 0.339 bits per heavy atom. The van der Waals surface area contributed by atoms with Crippen LogP contribution in [0.2, 0.25) is 0 Å². The van der Waals surface area contributed by atoms with Crippen LogP contribution in [0.4, 0.5) is 0 Å². The lowest BCUT2D eigenvalue weighted by molar-refractivity contribution is -0.167. The topological polar surface area (TPSA) is 78.9 Å². The summed E-state index contributed by atoms with van der Waals surface area (Å²) in [6, 6.07) is 0. The molecule has 1 atom stereocenters. The Labute approximate surface area is 382 Å². The van der Waals surface area contributed by atoms with Crippen molar-refractivity contribution in [2.45, 2.75) is 239 Å². The maximum Gasteiger partial charge on any atom is 0.306 e. The molecule has 0 aromatic heterocycles. The van der Waals surface area contributed by atoms with Gasteiger partial charge in [0.2, 0.25) is 0 Å². The van der Waals surface area contributed by atoms with Gasteiger partial charge in [-0.25, -0.2) is 0 Å². The van der Waals surface area contributed by atoms with Gasteiger partial charge in [-0.3, -0.25) is 14.4 Å². The van der Waals surface area contributed by atoms with Crippen LogP contribution in [0.3, 0.4) is 0 Å². The standard InChI is InChI=1S/C56H94O6/c1-4-7-10-13-16-19-22-24-26-28-30-32-34-37-40-43-46-49-55(58)61-52-53(51-60-54(57)48-45-42-39-36-21-18-15-12-9-6-3)62-56(59)50-47-44-41-38-35-33-31-29-27-25-23-20-17-14-11-8-5-2/h7,10,12,15-16,19,24-27,30,32,37,40,53H,4-6,8-9,11,13-14,17-18,20-23,28-29,31,33-36,38-39,41-52H2,1-3H3/b10-7-,15-12-,19-16-,26-24-,27-25-,32-30-,40-37-. The Morgan fingerprint density at radius 3 is 1.13 bits per heavy atom. The second kappa shape index (κ2) is 50.2. The molecule has 0 bridgehead atoms. The normalized spacial score (nSPS) is 12.8. The highest BCUT2D eigenvalue weighted by Gasteiger charge is 2.19. The molecule has 1 unspecified atom stereocenters. The van der Waals surface area contributed by atoms with Crippen molar-refractivity contribution in [2.75, 3.05) is 13.2 Å². The molecule has 0 aromatic rings. The van der Waals surface area contributed by atoms with E-state index in [-0.39, 0.29) is 37.5 Å². The monoisotopic (exact) mass is 863 g/mol. The van der Waals surface area contributed by atoms with Gasteiger partial charge in [-0.05, 0) is 103 Å². The number of ether oxygens (including phenoxy) is 3. The van der Waals surface area contributed by atoms with Crippen LogP contribution < -0.4 is 0 Å². The molecule has 0 saturated heterocycles. The number of allylic oxidation sites excluding steroid dienone is 14. The van der Waals surface area contributed by atoms with E-state index in [1.165, 1.54) is 89.9 Å². The molecule has 0 heterocycles. The number of hydrogen-bond donors (Lipinski definition) is 0. The third kappa shape index (κ3) is 47.6. The third-order valence-corrected chi connectivity index (χ3v) is 10.6. The van der Waals surface area contributed by atoms with Crippen LogP contribution >= 0.6 is 0 Å². The first-order chi connectivity index (χ1) is 30.5. The van der Waals surface area contributed by atoms with Crippen molar-refractivity contribution >= 4 is 17.9 Å². The zero-order valence-electron chi connectivity index (χ0n) is 40.4. The zero-order valence-corrected chi connectivity index (χ0v) is 40.4. The van der Waals surface area contributed by atoms with Gasteiger partial charge in [0.25, 0.3) is 0 Å². The summed E-state index contributed by atoms with van der Waals surface area (Å²) in [5.41, 5.74) is 0. The molecule has 0 spiro atoms. The zero-order chi connectivity index (χ0) is 45.1. The fourth-order valence-electron chi connectivity index (χ4n) is 6.77. The van der Waals surface area contributed by atoms with E-state index in [1.54, 1.807) is 0 Å². The van der Waals surface area contributed by atoms with Gasteiger partial charge in [-0.1, -0.05) is 196 Å². The van der Waals surface area contributed by atoms with Gasteiger partial charge in [0, 0.05) is 19.3 Å². The predicted octanol–water partition coefficient (Wildman–Crippen LogP) is 16.8. The smallest absolute Gasteiger partial charge is 0.306 e. The summed E-state index contributed by atoms with van der Waals surface area (Å²) in [6.45, 7) is 6.39. The summed E-state index contributed by atoms with van der Waals surface area (Å²) in [5.74, 6) is -0.978. The average molecular weight is 863 g/mol. The number of rotatable bonds is 45. The molecule has 0 aromatic carbocycles.